The molecule has 0 aliphatic carbocycles. The predicted molar refractivity (Wildman–Crippen MR) is 108 cm³/mol. The Balaban J connectivity index is 1.46. The maximum absolute atomic E-state index is 5.78. The van der Waals surface area contributed by atoms with Crippen molar-refractivity contribution in [2.24, 2.45) is 0 Å². The fourth-order valence-corrected chi connectivity index (χ4v) is 4.09. The second kappa shape index (κ2) is 8.47. The summed E-state index contributed by atoms with van der Waals surface area (Å²) in [7, 11) is 2.24. The molecule has 1 aromatic rings. The van der Waals surface area contributed by atoms with Gasteiger partial charge in [0.1, 0.15) is 0 Å². The van der Waals surface area contributed by atoms with Crippen LogP contribution in [0.15, 0.2) is 18.2 Å². The Labute approximate surface area is 157 Å². The molecular weight excluding hydrogens is 330 g/mol. The van der Waals surface area contributed by atoms with Gasteiger partial charge in [0.05, 0.1) is 6.10 Å². The Morgan fingerprint density at radius 3 is 2.64 bits per heavy atom. The molecule has 2 aliphatic heterocycles. The zero-order valence-corrected chi connectivity index (χ0v) is 16.6. The van der Waals surface area contributed by atoms with E-state index in [1.54, 1.807) is 0 Å². The molecule has 1 aromatic carbocycles. The highest BCUT2D eigenvalue weighted by atomic mass is 32.1. The number of hydrogen-bond donors (Lipinski definition) is 1. The van der Waals surface area contributed by atoms with Gasteiger partial charge in [-0.05, 0) is 82.1 Å². The van der Waals surface area contributed by atoms with Crippen LogP contribution in [0.25, 0.3) is 0 Å². The van der Waals surface area contributed by atoms with Crippen LogP contribution in [0.2, 0.25) is 0 Å². The van der Waals surface area contributed by atoms with E-state index < -0.39 is 0 Å². The van der Waals surface area contributed by atoms with Crippen LogP contribution in [0.5, 0.6) is 0 Å². The van der Waals surface area contributed by atoms with E-state index in [1.807, 2.05) is 0 Å². The summed E-state index contributed by atoms with van der Waals surface area (Å²) in [4.78, 5) is 4.80. The summed E-state index contributed by atoms with van der Waals surface area (Å²) < 4.78 is 5.78. The molecule has 5 heteroatoms. The third-order valence-electron chi connectivity index (χ3n) is 5.65. The molecule has 25 heavy (non-hydrogen) atoms. The molecule has 2 saturated heterocycles. The fraction of sp³-hybridized carbons (Fsp3) is 0.650. The number of likely N-dealkylation sites (tertiary alicyclic amines) is 1. The molecule has 1 atom stereocenters. The number of thiocarbonyl (C=S) groups is 1. The van der Waals surface area contributed by atoms with E-state index in [0.717, 1.165) is 49.9 Å². The Bertz CT molecular complexity index is 593. The Morgan fingerprint density at radius 2 is 2.00 bits per heavy atom. The standard InChI is InChI=1S/C20H31N3OS/c1-15-6-7-17(13-16(15)2)21-20(25)23-10-8-18(9-11-23)22(3)14-19-5-4-12-24-19/h6-7,13,18-19H,4-5,8-12,14H2,1-3H3,(H,21,25). The van der Waals surface area contributed by atoms with E-state index in [9.17, 15) is 0 Å². The molecule has 1 unspecified atom stereocenters. The van der Waals surface area contributed by atoms with Gasteiger partial charge in [0.25, 0.3) is 0 Å². The van der Waals surface area contributed by atoms with Crippen LogP contribution < -0.4 is 5.32 Å². The number of rotatable bonds is 4. The minimum Gasteiger partial charge on any atom is -0.377 e. The molecule has 2 fully saturated rings. The number of aryl methyl sites for hydroxylation is 2. The molecule has 1 N–H and O–H groups in total. The number of nitrogens with zero attached hydrogens (tertiary/aromatic N) is 2. The maximum atomic E-state index is 5.78. The first-order valence-electron chi connectivity index (χ1n) is 9.48. The first-order valence-corrected chi connectivity index (χ1v) is 9.89. The van der Waals surface area contributed by atoms with E-state index in [2.05, 4.69) is 54.2 Å². The average molecular weight is 362 g/mol. The highest BCUT2D eigenvalue weighted by molar-refractivity contribution is 7.80. The van der Waals surface area contributed by atoms with Crippen LogP contribution >= 0.6 is 12.2 Å². The third kappa shape index (κ3) is 4.93. The van der Waals surface area contributed by atoms with Crippen LogP contribution in [-0.2, 0) is 4.74 Å². The summed E-state index contributed by atoms with van der Waals surface area (Å²) in [5.41, 5.74) is 3.69. The normalized spacial score (nSPS) is 21.8. The van der Waals surface area contributed by atoms with E-state index in [1.165, 1.54) is 24.0 Å². The van der Waals surface area contributed by atoms with Gasteiger partial charge in [-0.2, -0.15) is 0 Å². The van der Waals surface area contributed by atoms with Crippen molar-refractivity contribution < 1.29 is 4.74 Å². The minimum absolute atomic E-state index is 0.440. The third-order valence-corrected chi connectivity index (χ3v) is 6.01. The number of piperidine rings is 1. The van der Waals surface area contributed by atoms with Gasteiger partial charge in [-0.3, -0.25) is 0 Å². The van der Waals surface area contributed by atoms with E-state index >= 15 is 0 Å². The molecule has 0 spiro atoms. The van der Waals surface area contributed by atoms with Gasteiger partial charge in [0.15, 0.2) is 5.11 Å². The molecule has 0 radical (unpaired) electrons. The molecule has 2 aliphatic rings. The lowest BCUT2D eigenvalue weighted by Gasteiger charge is -2.38. The average Bonchev–Trinajstić information content (AvgIpc) is 3.11. The van der Waals surface area contributed by atoms with Gasteiger partial charge < -0.3 is 19.9 Å². The molecule has 0 aromatic heterocycles. The number of likely N-dealkylation sites (N-methyl/N-ethyl adjacent to an activating group) is 1. The molecule has 3 rings (SSSR count). The number of benzene rings is 1. The number of ether oxygens (including phenoxy) is 1. The summed E-state index contributed by atoms with van der Waals surface area (Å²) in [5.74, 6) is 0. The summed E-state index contributed by atoms with van der Waals surface area (Å²) >= 11 is 5.63. The zero-order valence-electron chi connectivity index (χ0n) is 15.8. The molecular formula is C20H31N3OS. The lowest BCUT2D eigenvalue weighted by atomic mass is 10.0. The first-order chi connectivity index (χ1) is 12.0. The van der Waals surface area contributed by atoms with Gasteiger partial charge in [-0.15, -0.1) is 0 Å². The van der Waals surface area contributed by atoms with Crippen molar-refractivity contribution in [3.8, 4) is 0 Å². The van der Waals surface area contributed by atoms with Crippen molar-refractivity contribution in [1.82, 2.24) is 9.80 Å². The molecule has 4 nitrogen and oxygen atoms in total. The maximum Gasteiger partial charge on any atom is 0.173 e. The summed E-state index contributed by atoms with van der Waals surface area (Å²) in [6, 6.07) is 7.07. The first kappa shape index (κ1) is 18.6. The van der Waals surface area contributed by atoms with Crippen molar-refractivity contribution in [2.45, 2.75) is 51.7 Å². The highest BCUT2D eigenvalue weighted by Gasteiger charge is 2.26. The lowest BCUT2D eigenvalue weighted by molar-refractivity contribution is 0.0576. The van der Waals surface area contributed by atoms with Crippen molar-refractivity contribution >= 4 is 23.0 Å². The summed E-state index contributed by atoms with van der Waals surface area (Å²) in [5, 5.41) is 4.26. The van der Waals surface area contributed by atoms with Crippen LogP contribution in [0.4, 0.5) is 5.69 Å². The SMILES string of the molecule is Cc1ccc(NC(=S)N2CCC(N(C)CC3CCCO3)CC2)cc1C. The lowest BCUT2D eigenvalue weighted by Crippen LogP contribution is -2.48. The zero-order chi connectivity index (χ0) is 17.8. The van der Waals surface area contributed by atoms with Crippen LogP contribution in [-0.4, -0.2) is 60.3 Å². The van der Waals surface area contributed by atoms with Crippen LogP contribution in [0, 0.1) is 13.8 Å². The minimum atomic E-state index is 0.440. The van der Waals surface area contributed by atoms with Crippen molar-refractivity contribution in [3.63, 3.8) is 0 Å². The van der Waals surface area contributed by atoms with Gasteiger partial charge in [-0.1, -0.05) is 6.07 Å². The number of anilines is 1. The Kier molecular flexibility index (Phi) is 6.31. The molecule has 0 bridgehead atoms. The quantitative estimate of drug-likeness (QED) is 0.828. The molecule has 0 saturated carbocycles. The summed E-state index contributed by atoms with van der Waals surface area (Å²) in [6.45, 7) is 8.33. The second-order valence-corrected chi connectivity index (χ2v) is 7.91. The smallest absolute Gasteiger partial charge is 0.173 e. The largest absolute Gasteiger partial charge is 0.377 e. The second-order valence-electron chi connectivity index (χ2n) is 7.52. The number of nitrogens with one attached hydrogen (secondary N) is 1. The van der Waals surface area contributed by atoms with Gasteiger partial charge in [0, 0.05) is 38.0 Å². The molecule has 2 heterocycles. The Hall–Kier alpha value is -1.17. The van der Waals surface area contributed by atoms with Crippen LogP contribution in [0.1, 0.15) is 36.8 Å². The van der Waals surface area contributed by atoms with Gasteiger partial charge >= 0.3 is 0 Å². The monoisotopic (exact) mass is 361 g/mol. The van der Waals surface area contributed by atoms with Gasteiger partial charge in [-0.25, -0.2) is 0 Å². The van der Waals surface area contributed by atoms with Crippen molar-refractivity contribution in [2.75, 3.05) is 38.6 Å². The molecule has 0 amide bonds. The van der Waals surface area contributed by atoms with E-state index in [0.29, 0.717) is 12.1 Å². The highest BCUT2D eigenvalue weighted by Crippen LogP contribution is 2.20. The van der Waals surface area contributed by atoms with E-state index in [-0.39, 0.29) is 0 Å². The number of hydrogen-bond acceptors (Lipinski definition) is 3. The van der Waals surface area contributed by atoms with Gasteiger partial charge in [0.2, 0.25) is 0 Å². The topological polar surface area (TPSA) is 27.7 Å². The van der Waals surface area contributed by atoms with Crippen molar-refractivity contribution in [1.29, 1.82) is 0 Å². The van der Waals surface area contributed by atoms with E-state index in [4.69, 9.17) is 17.0 Å². The fourth-order valence-electron chi connectivity index (χ4n) is 3.79. The van der Waals surface area contributed by atoms with Crippen LogP contribution in [0.3, 0.4) is 0 Å². The van der Waals surface area contributed by atoms with Crippen molar-refractivity contribution in [3.05, 3.63) is 29.3 Å². The Morgan fingerprint density at radius 1 is 1.24 bits per heavy atom. The summed E-state index contributed by atoms with van der Waals surface area (Å²) in [6.07, 6.45) is 5.20. The predicted octanol–water partition coefficient (Wildman–Crippen LogP) is 3.58. The molecule has 138 valence electrons.